The third-order valence-electron chi connectivity index (χ3n) is 5.18. The number of alkyl halides is 1. The summed E-state index contributed by atoms with van der Waals surface area (Å²) in [6, 6.07) is 3.83. The Kier molecular flexibility index (Phi) is 7.28. The van der Waals surface area contributed by atoms with Gasteiger partial charge in [-0.15, -0.1) is 0 Å². The first kappa shape index (κ1) is 22.2. The van der Waals surface area contributed by atoms with Crippen LogP contribution < -0.4 is 10.0 Å². The topological polar surface area (TPSA) is 113 Å². The number of benzene rings is 1. The molecule has 29 heavy (non-hydrogen) atoms. The average Bonchev–Trinajstić information content (AvgIpc) is 3.01. The fourth-order valence-electron chi connectivity index (χ4n) is 3.67. The summed E-state index contributed by atoms with van der Waals surface area (Å²) in [6.45, 7) is 0.380. The number of unbranched alkanes of at least 4 members (excludes halogenated alkanes) is 3. The van der Waals surface area contributed by atoms with Gasteiger partial charge in [0.1, 0.15) is 6.04 Å². The fraction of sp³-hybridized carbons (Fsp3) is 0.526. The molecule has 3 amide bonds. The Morgan fingerprint density at radius 2 is 1.90 bits per heavy atom. The van der Waals surface area contributed by atoms with Crippen LogP contribution in [0.1, 0.15) is 54.4 Å². The van der Waals surface area contributed by atoms with E-state index in [0.29, 0.717) is 17.7 Å². The molecule has 2 aliphatic rings. The predicted molar refractivity (Wildman–Crippen MR) is 115 cm³/mol. The molecule has 1 aromatic carbocycles. The van der Waals surface area contributed by atoms with Crippen molar-refractivity contribution in [3.05, 3.63) is 29.3 Å². The second-order valence-corrected chi connectivity index (χ2v) is 10.00. The Hall–Kier alpha value is -1.53. The fourth-order valence-corrected chi connectivity index (χ4v) is 5.53. The number of sulfonamides is 1. The van der Waals surface area contributed by atoms with Crippen molar-refractivity contribution >= 4 is 50.3 Å². The van der Waals surface area contributed by atoms with Crippen LogP contribution in [0.3, 0.4) is 0 Å². The molecule has 0 aromatic heterocycles. The summed E-state index contributed by atoms with van der Waals surface area (Å²) in [5.41, 5.74) is 0.694. The highest BCUT2D eigenvalue weighted by molar-refractivity contribution is 14.1. The van der Waals surface area contributed by atoms with Crippen LogP contribution in [0.15, 0.2) is 23.1 Å². The van der Waals surface area contributed by atoms with Gasteiger partial charge in [-0.25, -0.2) is 13.1 Å². The van der Waals surface area contributed by atoms with Gasteiger partial charge in [0.15, 0.2) is 0 Å². The van der Waals surface area contributed by atoms with E-state index < -0.39 is 22.0 Å². The molecule has 0 spiro atoms. The molecule has 1 fully saturated rings. The van der Waals surface area contributed by atoms with E-state index >= 15 is 0 Å². The zero-order chi connectivity index (χ0) is 21.0. The van der Waals surface area contributed by atoms with Gasteiger partial charge < -0.3 is 4.90 Å². The van der Waals surface area contributed by atoms with Gasteiger partial charge in [0.25, 0.3) is 5.91 Å². The molecular weight excluding hydrogens is 509 g/mol. The maximum absolute atomic E-state index is 12.8. The van der Waals surface area contributed by atoms with Gasteiger partial charge in [0, 0.05) is 30.6 Å². The van der Waals surface area contributed by atoms with Gasteiger partial charge in [0.05, 0.1) is 4.90 Å². The number of nitrogens with one attached hydrogen (secondary N) is 2. The molecule has 0 bridgehead atoms. The molecule has 3 rings (SSSR count). The summed E-state index contributed by atoms with van der Waals surface area (Å²) in [6.07, 6.45) is 4.30. The number of nitrogens with zero attached hydrogens (tertiary/aromatic N) is 1. The Labute approximate surface area is 184 Å². The van der Waals surface area contributed by atoms with Crippen molar-refractivity contribution in [2.24, 2.45) is 0 Å². The SMILES string of the molecule is O=C1CCC(N2Cc3c(cccc3S(=O)(=O)NCCCCCCI)C2=O)C(=O)N1. The van der Waals surface area contributed by atoms with Crippen molar-refractivity contribution in [1.29, 1.82) is 0 Å². The lowest BCUT2D eigenvalue weighted by Gasteiger charge is -2.29. The molecule has 1 atom stereocenters. The number of fused-ring (bicyclic) bond motifs is 1. The van der Waals surface area contributed by atoms with Crippen LogP contribution in [0.2, 0.25) is 0 Å². The molecule has 1 saturated heterocycles. The zero-order valence-corrected chi connectivity index (χ0v) is 18.9. The number of rotatable bonds is 9. The van der Waals surface area contributed by atoms with E-state index in [1.807, 2.05) is 0 Å². The Morgan fingerprint density at radius 3 is 2.62 bits per heavy atom. The summed E-state index contributed by atoms with van der Waals surface area (Å²) in [4.78, 5) is 37.8. The van der Waals surface area contributed by atoms with E-state index in [1.165, 1.54) is 11.0 Å². The summed E-state index contributed by atoms with van der Waals surface area (Å²) < 4.78 is 29.3. The van der Waals surface area contributed by atoms with Gasteiger partial charge in [-0.1, -0.05) is 41.5 Å². The second kappa shape index (κ2) is 9.52. The van der Waals surface area contributed by atoms with Crippen molar-refractivity contribution < 1.29 is 22.8 Å². The van der Waals surface area contributed by atoms with Crippen LogP contribution >= 0.6 is 22.6 Å². The number of carbonyl (C=O) groups excluding carboxylic acids is 3. The monoisotopic (exact) mass is 533 g/mol. The largest absolute Gasteiger partial charge is 0.322 e. The van der Waals surface area contributed by atoms with Crippen molar-refractivity contribution in [1.82, 2.24) is 14.9 Å². The molecule has 2 N–H and O–H groups in total. The molecule has 8 nitrogen and oxygen atoms in total. The summed E-state index contributed by atoms with van der Waals surface area (Å²) in [5, 5.41) is 2.24. The maximum Gasteiger partial charge on any atom is 0.255 e. The second-order valence-electron chi connectivity index (χ2n) is 7.18. The van der Waals surface area contributed by atoms with E-state index in [2.05, 4.69) is 32.6 Å². The molecule has 10 heteroatoms. The maximum atomic E-state index is 12.8. The number of hydrogen-bond donors (Lipinski definition) is 2. The van der Waals surface area contributed by atoms with Crippen LogP contribution in [0.4, 0.5) is 0 Å². The molecular formula is C19H24IN3O5S. The highest BCUT2D eigenvalue weighted by Gasteiger charge is 2.40. The van der Waals surface area contributed by atoms with Crippen molar-refractivity contribution in [3.8, 4) is 0 Å². The van der Waals surface area contributed by atoms with Crippen LogP contribution in [-0.4, -0.2) is 48.1 Å². The molecule has 1 aromatic rings. The lowest BCUT2D eigenvalue weighted by Crippen LogP contribution is -2.52. The average molecular weight is 533 g/mol. The first-order valence-corrected chi connectivity index (χ1v) is 12.7. The van der Waals surface area contributed by atoms with Crippen LogP contribution in [0, 0.1) is 0 Å². The lowest BCUT2D eigenvalue weighted by atomic mass is 10.0. The Bertz CT molecular complexity index is 918. The van der Waals surface area contributed by atoms with Crippen LogP contribution in [-0.2, 0) is 26.2 Å². The van der Waals surface area contributed by atoms with E-state index in [4.69, 9.17) is 0 Å². The lowest BCUT2D eigenvalue weighted by molar-refractivity contribution is -0.136. The number of imide groups is 1. The third-order valence-corrected chi connectivity index (χ3v) is 7.49. The normalized spacial score (nSPS) is 19.4. The minimum Gasteiger partial charge on any atom is -0.322 e. The number of carbonyl (C=O) groups is 3. The first-order chi connectivity index (χ1) is 13.8. The Morgan fingerprint density at radius 1 is 1.14 bits per heavy atom. The number of piperidine rings is 1. The van der Waals surface area contributed by atoms with E-state index in [1.54, 1.807) is 12.1 Å². The van der Waals surface area contributed by atoms with Crippen molar-refractivity contribution in [2.45, 2.75) is 56.0 Å². The van der Waals surface area contributed by atoms with Crippen LogP contribution in [0.25, 0.3) is 0 Å². The van der Waals surface area contributed by atoms with Crippen LogP contribution in [0.5, 0.6) is 0 Å². The Balaban J connectivity index is 1.73. The van der Waals surface area contributed by atoms with Gasteiger partial charge in [0.2, 0.25) is 21.8 Å². The van der Waals surface area contributed by atoms with E-state index in [9.17, 15) is 22.8 Å². The molecule has 2 heterocycles. The van der Waals surface area contributed by atoms with E-state index in [0.717, 1.165) is 30.1 Å². The first-order valence-electron chi connectivity index (χ1n) is 9.67. The van der Waals surface area contributed by atoms with E-state index in [-0.39, 0.29) is 36.1 Å². The highest BCUT2D eigenvalue weighted by Crippen LogP contribution is 2.31. The third kappa shape index (κ3) is 4.97. The molecule has 0 radical (unpaired) electrons. The van der Waals surface area contributed by atoms with Gasteiger partial charge in [-0.05, 0) is 35.8 Å². The molecule has 158 valence electrons. The summed E-state index contributed by atoms with van der Waals surface area (Å²) in [5.74, 6) is -1.26. The molecule has 2 aliphatic heterocycles. The number of hydrogen-bond acceptors (Lipinski definition) is 5. The smallest absolute Gasteiger partial charge is 0.255 e. The van der Waals surface area contributed by atoms with Gasteiger partial charge in [-0.2, -0.15) is 0 Å². The van der Waals surface area contributed by atoms with Crippen molar-refractivity contribution in [2.75, 3.05) is 11.0 Å². The van der Waals surface area contributed by atoms with Crippen molar-refractivity contribution in [3.63, 3.8) is 0 Å². The minimum atomic E-state index is -3.76. The standard InChI is InChI=1S/C19H24IN3O5S/c20-10-3-1-2-4-11-21-29(27,28)16-7-5-6-13-14(16)12-23(19(13)26)15-8-9-17(24)22-18(15)25/h5-7,15,21H,1-4,8-12H2,(H,22,24,25). The number of amides is 3. The van der Waals surface area contributed by atoms with Gasteiger partial charge >= 0.3 is 0 Å². The minimum absolute atomic E-state index is 0.0349. The quantitative estimate of drug-likeness (QED) is 0.217. The molecule has 0 saturated carbocycles. The molecule has 0 aliphatic carbocycles. The van der Waals surface area contributed by atoms with Gasteiger partial charge in [-0.3, -0.25) is 19.7 Å². The molecule has 1 unspecified atom stereocenters. The highest BCUT2D eigenvalue weighted by atomic mass is 127. The summed E-state index contributed by atoms with van der Waals surface area (Å²) in [7, 11) is -3.76. The zero-order valence-electron chi connectivity index (χ0n) is 15.9. The predicted octanol–water partition coefficient (Wildman–Crippen LogP) is 1.72. The number of halogens is 1. The summed E-state index contributed by atoms with van der Waals surface area (Å²) >= 11 is 2.32.